The van der Waals surface area contributed by atoms with Gasteiger partial charge in [0.1, 0.15) is 18.3 Å². The molecule has 5 heteroatoms. The summed E-state index contributed by atoms with van der Waals surface area (Å²) >= 11 is 0. The molecule has 3 rings (SSSR count). The van der Waals surface area contributed by atoms with Crippen molar-refractivity contribution in [2.24, 2.45) is 0 Å². The Hall–Kier alpha value is -1.76. The van der Waals surface area contributed by atoms with Crippen LogP contribution in [0.4, 0.5) is 0 Å². The molecule has 0 radical (unpaired) electrons. The fraction of sp³-hybridized carbons (Fsp3) is 0.368. The normalized spacial score (nSPS) is 26.6. The molecular formula is C19H22O5. The zero-order valence-electron chi connectivity index (χ0n) is 13.3. The zero-order chi connectivity index (χ0) is 16.8. The van der Waals surface area contributed by atoms with E-state index in [9.17, 15) is 10.2 Å². The van der Waals surface area contributed by atoms with E-state index >= 15 is 0 Å². The van der Waals surface area contributed by atoms with Crippen LogP contribution in [0.3, 0.4) is 0 Å². The van der Waals surface area contributed by atoms with Gasteiger partial charge in [-0.15, -0.1) is 0 Å². The first-order valence-corrected chi connectivity index (χ1v) is 8.03. The molecule has 2 aromatic rings. The molecule has 1 aliphatic rings. The van der Waals surface area contributed by atoms with Gasteiger partial charge in [-0.1, -0.05) is 60.7 Å². The van der Waals surface area contributed by atoms with Gasteiger partial charge in [0.05, 0.1) is 19.8 Å². The Labute approximate surface area is 141 Å². The number of ether oxygens (including phenoxy) is 3. The highest BCUT2D eigenvalue weighted by atomic mass is 16.7. The summed E-state index contributed by atoms with van der Waals surface area (Å²) in [5.41, 5.74) is 2.01. The van der Waals surface area contributed by atoms with Gasteiger partial charge in [-0.3, -0.25) is 0 Å². The van der Waals surface area contributed by atoms with Crippen LogP contribution in [0.25, 0.3) is 0 Å². The van der Waals surface area contributed by atoms with Gasteiger partial charge in [-0.2, -0.15) is 0 Å². The monoisotopic (exact) mass is 330 g/mol. The summed E-state index contributed by atoms with van der Waals surface area (Å²) in [6, 6.07) is 19.4. The van der Waals surface area contributed by atoms with E-state index < -0.39 is 24.6 Å². The Morgan fingerprint density at radius 1 is 0.792 bits per heavy atom. The van der Waals surface area contributed by atoms with Crippen LogP contribution < -0.4 is 0 Å². The van der Waals surface area contributed by atoms with Crippen molar-refractivity contribution in [3.05, 3.63) is 71.8 Å². The molecule has 1 fully saturated rings. The fourth-order valence-electron chi connectivity index (χ4n) is 2.77. The number of hydrogen-bond acceptors (Lipinski definition) is 5. The van der Waals surface area contributed by atoms with E-state index in [0.29, 0.717) is 13.2 Å². The van der Waals surface area contributed by atoms with Gasteiger partial charge >= 0.3 is 0 Å². The van der Waals surface area contributed by atoms with E-state index in [1.54, 1.807) is 0 Å². The molecule has 1 saturated heterocycles. The van der Waals surface area contributed by atoms with Crippen molar-refractivity contribution in [2.75, 3.05) is 6.61 Å². The van der Waals surface area contributed by atoms with E-state index in [1.807, 2.05) is 60.7 Å². The minimum Gasteiger partial charge on any atom is -0.394 e. The van der Waals surface area contributed by atoms with Gasteiger partial charge in [-0.05, 0) is 11.1 Å². The second kappa shape index (κ2) is 8.37. The fourth-order valence-corrected chi connectivity index (χ4v) is 2.77. The minimum absolute atomic E-state index is 0.234. The lowest BCUT2D eigenvalue weighted by atomic mass is 10.1. The van der Waals surface area contributed by atoms with Gasteiger partial charge in [0, 0.05) is 0 Å². The molecule has 0 amide bonds. The summed E-state index contributed by atoms with van der Waals surface area (Å²) < 4.78 is 17.1. The van der Waals surface area contributed by atoms with Crippen LogP contribution in [-0.4, -0.2) is 41.4 Å². The SMILES string of the molecule is OC[C@H]1O[C@H](O)[C@H](OCc2ccccc2)[C@H]1OCc1ccccc1. The first-order chi connectivity index (χ1) is 11.8. The highest BCUT2D eigenvalue weighted by Gasteiger charge is 2.45. The van der Waals surface area contributed by atoms with Crippen LogP contribution in [0.1, 0.15) is 11.1 Å². The largest absolute Gasteiger partial charge is 0.394 e. The van der Waals surface area contributed by atoms with E-state index in [0.717, 1.165) is 11.1 Å². The molecule has 5 nitrogen and oxygen atoms in total. The predicted molar refractivity (Wildman–Crippen MR) is 88.0 cm³/mol. The van der Waals surface area contributed by atoms with Crippen molar-refractivity contribution < 1.29 is 24.4 Å². The van der Waals surface area contributed by atoms with Crippen LogP contribution in [0.5, 0.6) is 0 Å². The topological polar surface area (TPSA) is 68.2 Å². The van der Waals surface area contributed by atoms with E-state index in [-0.39, 0.29) is 6.61 Å². The number of rotatable bonds is 7. The molecule has 0 aliphatic carbocycles. The summed E-state index contributed by atoms with van der Waals surface area (Å²) in [5, 5.41) is 19.6. The quantitative estimate of drug-likeness (QED) is 0.811. The highest BCUT2D eigenvalue weighted by Crippen LogP contribution is 2.27. The molecular weight excluding hydrogens is 308 g/mol. The van der Waals surface area contributed by atoms with Crippen molar-refractivity contribution in [1.82, 2.24) is 0 Å². The molecule has 0 unspecified atom stereocenters. The average molecular weight is 330 g/mol. The lowest BCUT2D eigenvalue weighted by molar-refractivity contribution is -0.151. The first kappa shape index (κ1) is 17.1. The Morgan fingerprint density at radius 2 is 1.29 bits per heavy atom. The highest BCUT2D eigenvalue weighted by molar-refractivity contribution is 5.14. The average Bonchev–Trinajstić information content (AvgIpc) is 2.94. The van der Waals surface area contributed by atoms with Gasteiger partial charge in [0.2, 0.25) is 0 Å². The summed E-state index contributed by atoms with van der Waals surface area (Å²) in [5.74, 6) is 0. The molecule has 0 spiro atoms. The summed E-state index contributed by atoms with van der Waals surface area (Å²) in [6.45, 7) is 0.472. The van der Waals surface area contributed by atoms with Gasteiger partial charge in [0.15, 0.2) is 6.29 Å². The second-order valence-corrected chi connectivity index (χ2v) is 5.77. The van der Waals surface area contributed by atoms with Crippen LogP contribution in [0.15, 0.2) is 60.7 Å². The molecule has 1 heterocycles. The third-order valence-corrected chi connectivity index (χ3v) is 4.04. The Kier molecular flexibility index (Phi) is 5.96. The molecule has 1 aliphatic heterocycles. The van der Waals surface area contributed by atoms with Crippen molar-refractivity contribution in [3.63, 3.8) is 0 Å². The molecule has 4 atom stereocenters. The van der Waals surface area contributed by atoms with Gasteiger partial charge < -0.3 is 24.4 Å². The van der Waals surface area contributed by atoms with Gasteiger partial charge in [-0.25, -0.2) is 0 Å². The lowest BCUT2D eigenvalue weighted by Gasteiger charge is -2.23. The molecule has 2 aromatic carbocycles. The molecule has 0 aromatic heterocycles. The molecule has 128 valence electrons. The van der Waals surface area contributed by atoms with Crippen molar-refractivity contribution in [1.29, 1.82) is 0 Å². The second-order valence-electron chi connectivity index (χ2n) is 5.77. The zero-order valence-corrected chi connectivity index (χ0v) is 13.3. The van der Waals surface area contributed by atoms with Crippen molar-refractivity contribution in [2.45, 2.75) is 37.8 Å². The molecule has 0 bridgehead atoms. The van der Waals surface area contributed by atoms with Crippen LogP contribution in [0.2, 0.25) is 0 Å². The Morgan fingerprint density at radius 3 is 1.79 bits per heavy atom. The van der Waals surface area contributed by atoms with E-state index in [4.69, 9.17) is 14.2 Å². The smallest absolute Gasteiger partial charge is 0.184 e. The summed E-state index contributed by atoms with van der Waals surface area (Å²) in [7, 11) is 0. The maximum Gasteiger partial charge on any atom is 0.184 e. The maximum atomic E-state index is 10.1. The lowest BCUT2D eigenvalue weighted by Crippen LogP contribution is -2.38. The Bertz CT molecular complexity index is 604. The predicted octanol–water partition coefficient (Wildman–Crippen LogP) is 1.87. The van der Waals surface area contributed by atoms with Crippen LogP contribution >= 0.6 is 0 Å². The van der Waals surface area contributed by atoms with Crippen molar-refractivity contribution >= 4 is 0 Å². The number of aliphatic hydroxyl groups excluding tert-OH is 2. The van der Waals surface area contributed by atoms with Crippen LogP contribution in [-0.2, 0) is 27.4 Å². The minimum atomic E-state index is -1.12. The maximum absolute atomic E-state index is 10.1. The Balaban J connectivity index is 1.63. The van der Waals surface area contributed by atoms with E-state index in [2.05, 4.69) is 0 Å². The third-order valence-electron chi connectivity index (χ3n) is 4.04. The molecule has 24 heavy (non-hydrogen) atoms. The standard InChI is InChI=1S/C19H22O5/c20-11-16-17(22-12-14-7-3-1-4-8-14)18(19(21)24-16)23-13-15-9-5-2-6-10-15/h1-10,16-21H,11-13H2/t16-,17+,18-,19+/m1/s1. The molecule has 2 N–H and O–H groups in total. The van der Waals surface area contributed by atoms with Gasteiger partial charge in [0.25, 0.3) is 0 Å². The number of hydrogen-bond donors (Lipinski definition) is 2. The first-order valence-electron chi connectivity index (χ1n) is 8.03. The summed E-state index contributed by atoms with van der Waals surface area (Å²) in [4.78, 5) is 0. The number of aliphatic hydroxyl groups is 2. The van der Waals surface area contributed by atoms with Crippen LogP contribution in [0, 0.1) is 0 Å². The number of benzene rings is 2. The van der Waals surface area contributed by atoms with Crippen molar-refractivity contribution in [3.8, 4) is 0 Å². The molecule has 0 saturated carbocycles. The third kappa shape index (κ3) is 4.20. The van der Waals surface area contributed by atoms with E-state index in [1.165, 1.54) is 0 Å². The summed E-state index contributed by atoms with van der Waals surface area (Å²) in [6.07, 6.45) is -2.91.